The number of aromatic nitrogens is 1. The molecule has 1 fully saturated rings. The summed E-state index contributed by atoms with van der Waals surface area (Å²) in [6, 6.07) is 9.53. The van der Waals surface area contributed by atoms with Crippen molar-refractivity contribution in [2.45, 2.75) is 50.3 Å². The zero-order valence-corrected chi connectivity index (χ0v) is 20.7. The number of aliphatic hydroxyl groups is 2. The van der Waals surface area contributed by atoms with Crippen molar-refractivity contribution in [3.63, 3.8) is 0 Å². The number of piperidine rings is 1. The number of sulfone groups is 1. The molecule has 0 bridgehead atoms. The number of nitrogens with one attached hydrogen (secondary N) is 1. The maximum atomic E-state index is 13.5. The third kappa shape index (κ3) is 5.16. The summed E-state index contributed by atoms with van der Waals surface area (Å²) in [7, 11) is -3.32. The molecule has 0 saturated carbocycles. The second-order valence-corrected chi connectivity index (χ2v) is 11.7. The van der Waals surface area contributed by atoms with Crippen molar-refractivity contribution in [2.24, 2.45) is 0 Å². The minimum atomic E-state index is -3.32. The van der Waals surface area contributed by atoms with Crippen molar-refractivity contribution < 1.29 is 23.4 Å². The van der Waals surface area contributed by atoms with E-state index in [1.54, 1.807) is 43.3 Å². The Hall–Kier alpha value is -2.37. The molecule has 1 aliphatic heterocycles. The molecule has 1 atom stereocenters. The molecule has 1 unspecified atom stereocenters. The van der Waals surface area contributed by atoms with E-state index in [9.17, 15) is 23.4 Å². The van der Waals surface area contributed by atoms with Gasteiger partial charge in [-0.3, -0.25) is 9.69 Å². The summed E-state index contributed by atoms with van der Waals surface area (Å²) < 4.78 is 25.2. The van der Waals surface area contributed by atoms with Crippen LogP contribution in [0, 0.1) is 0 Å². The van der Waals surface area contributed by atoms with Gasteiger partial charge in [0.05, 0.1) is 34.1 Å². The number of benzene rings is 2. The normalized spacial score (nSPS) is 16.0. The maximum absolute atomic E-state index is 13.5. The van der Waals surface area contributed by atoms with Crippen LogP contribution >= 0.6 is 11.3 Å². The van der Waals surface area contributed by atoms with E-state index in [4.69, 9.17) is 0 Å². The first kappa shape index (κ1) is 24.7. The van der Waals surface area contributed by atoms with Crippen molar-refractivity contribution in [1.82, 2.24) is 9.88 Å². The lowest BCUT2D eigenvalue weighted by molar-refractivity contribution is -0.122. The first-order valence-corrected chi connectivity index (χ1v) is 13.8. The van der Waals surface area contributed by atoms with E-state index >= 15 is 0 Å². The standard InChI is InChI=1S/C24H29N3O5S2/c1-2-34(31,32)19-8-6-16(7-9-19)22(27-10-4-3-5-11-27)23(30)26-24-25-20-12-17(14-28)18(15-29)13-21(20)33-24/h6-9,12-13,22,28-29H,2-5,10-11,14-15H2,1H3,(H,25,26,30). The Morgan fingerprint density at radius 1 is 1.09 bits per heavy atom. The molecular weight excluding hydrogens is 474 g/mol. The summed E-state index contributed by atoms with van der Waals surface area (Å²) >= 11 is 1.31. The number of rotatable bonds is 8. The second kappa shape index (κ2) is 10.5. The summed E-state index contributed by atoms with van der Waals surface area (Å²) in [5.74, 6) is -0.201. The summed E-state index contributed by atoms with van der Waals surface area (Å²) in [6.45, 7) is 2.79. The number of carbonyl (C=O) groups is 1. The number of thiazole rings is 1. The van der Waals surface area contributed by atoms with Crippen LogP contribution in [0.25, 0.3) is 10.2 Å². The smallest absolute Gasteiger partial charge is 0.248 e. The Bertz CT molecular complexity index is 1220. The number of nitrogens with zero attached hydrogens (tertiary/aromatic N) is 2. The third-order valence-corrected chi connectivity index (χ3v) is 8.90. The lowest BCUT2D eigenvalue weighted by Gasteiger charge is -2.33. The van der Waals surface area contributed by atoms with E-state index < -0.39 is 15.9 Å². The molecule has 1 aliphatic rings. The first-order chi connectivity index (χ1) is 16.4. The zero-order chi connectivity index (χ0) is 24.3. The number of aliphatic hydroxyl groups excluding tert-OH is 2. The minimum absolute atomic E-state index is 0.0238. The van der Waals surface area contributed by atoms with Crippen LogP contribution in [0.15, 0.2) is 41.3 Å². The van der Waals surface area contributed by atoms with Crippen LogP contribution in [-0.2, 0) is 27.8 Å². The molecule has 0 spiro atoms. The molecule has 1 amide bonds. The highest BCUT2D eigenvalue weighted by molar-refractivity contribution is 7.91. The van der Waals surface area contributed by atoms with Gasteiger partial charge in [-0.2, -0.15) is 0 Å². The summed E-state index contributed by atoms with van der Waals surface area (Å²) in [5, 5.41) is 22.5. The van der Waals surface area contributed by atoms with Gasteiger partial charge >= 0.3 is 0 Å². The topological polar surface area (TPSA) is 120 Å². The molecule has 3 aromatic rings. The van der Waals surface area contributed by atoms with E-state index in [-0.39, 0.29) is 29.8 Å². The van der Waals surface area contributed by atoms with E-state index in [0.29, 0.717) is 21.8 Å². The Kier molecular flexibility index (Phi) is 7.63. The second-order valence-electron chi connectivity index (χ2n) is 8.38. The molecule has 4 rings (SSSR count). The van der Waals surface area contributed by atoms with Gasteiger partial charge in [-0.25, -0.2) is 13.4 Å². The molecule has 10 heteroatoms. The number of fused-ring (bicyclic) bond motifs is 1. The van der Waals surface area contributed by atoms with E-state index in [0.717, 1.165) is 42.6 Å². The van der Waals surface area contributed by atoms with E-state index in [1.807, 2.05) is 0 Å². The molecule has 3 N–H and O–H groups in total. The Balaban J connectivity index is 1.63. The molecule has 182 valence electrons. The Morgan fingerprint density at radius 2 is 1.74 bits per heavy atom. The van der Waals surface area contributed by atoms with Gasteiger partial charge in [0.1, 0.15) is 6.04 Å². The number of carbonyl (C=O) groups excluding carboxylic acids is 1. The van der Waals surface area contributed by atoms with Crippen LogP contribution in [-0.4, -0.2) is 53.3 Å². The average molecular weight is 504 g/mol. The van der Waals surface area contributed by atoms with Crippen LogP contribution < -0.4 is 5.32 Å². The van der Waals surface area contributed by atoms with Gasteiger partial charge in [-0.05, 0) is 66.9 Å². The highest BCUT2D eigenvalue weighted by Gasteiger charge is 2.30. The predicted octanol–water partition coefficient (Wildman–Crippen LogP) is 3.24. The maximum Gasteiger partial charge on any atom is 0.248 e. The van der Waals surface area contributed by atoms with Crippen LogP contribution in [0.5, 0.6) is 0 Å². The number of hydrogen-bond acceptors (Lipinski definition) is 8. The van der Waals surface area contributed by atoms with Crippen molar-refractivity contribution in [3.05, 3.63) is 53.1 Å². The third-order valence-electron chi connectivity index (χ3n) is 6.22. The number of amides is 1. The molecule has 34 heavy (non-hydrogen) atoms. The summed E-state index contributed by atoms with van der Waals surface area (Å²) in [5.41, 5.74) is 2.61. The highest BCUT2D eigenvalue weighted by Crippen LogP contribution is 2.32. The van der Waals surface area contributed by atoms with E-state index in [2.05, 4.69) is 15.2 Å². The summed E-state index contributed by atoms with van der Waals surface area (Å²) in [4.78, 5) is 20.4. The largest absolute Gasteiger partial charge is 0.392 e. The molecule has 0 radical (unpaired) electrons. The molecule has 8 nitrogen and oxygen atoms in total. The lowest BCUT2D eigenvalue weighted by Crippen LogP contribution is -2.40. The Labute approximate surface area is 203 Å². The molecule has 2 aromatic carbocycles. The van der Waals surface area contributed by atoms with Crippen molar-refractivity contribution >= 4 is 42.4 Å². The minimum Gasteiger partial charge on any atom is -0.392 e. The van der Waals surface area contributed by atoms with E-state index in [1.165, 1.54) is 11.3 Å². The van der Waals surface area contributed by atoms with Gasteiger partial charge in [0.25, 0.3) is 0 Å². The fraction of sp³-hybridized carbons (Fsp3) is 0.417. The van der Waals surface area contributed by atoms with Crippen LogP contribution in [0.4, 0.5) is 5.13 Å². The van der Waals surface area contributed by atoms with Gasteiger partial charge in [0, 0.05) is 0 Å². The van der Waals surface area contributed by atoms with Crippen molar-refractivity contribution in [3.8, 4) is 0 Å². The fourth-order valence-corrected chi connectivity index (χ4v) is 6.11. The summed E-state index contributed by atoms with van der Waals surface area (Å²) in [6.07, 6.45) is 3.12. The molecule has 0 aliphatic carbocycles. The molecule has 1 aromatic heterocycles. The predicted molar refractivity (Wildman–Crippen MR) is 132 cm³/mol. The Morgan fingerprint density at radius 3 is 2.35 bits per heavy atom. The van der Waals surface area contributed by atoms with Crippen LogP contribution in [0.3, 0.4) is 0 Å². The molecule has 1 saturated heterocycles. The SMILES string of the molecule is CCS(=O)(=O)c1ccc(C(C(=O)Nc2nc3cc(CO)c(CO)cc3s2)N2CCCCC2)cc1. The zero-order valence-electron chi connectivity index (χ0n) is 19.0. The van der Waals surface area contributed by atoms with Crippen LogP contribution in [0.1, 0.15) is 48.9 Å². The average Bonchev–Trinajstić information content (AvgIpc) is 3.25. The monoisotopic (exact) mass is 503 g/mol. The van der Waals surface area contributed by atoms with Crippen molar-refractivity contribution in [2.75, 3.05) is 24.2 Å². The number of likely N-dealkylation sites (tertiary alicyclic amines) is 1. The highest BCUT2D eigenvalue weighted by atomic mass is 32.2. The van der Waals surface area contributed by atoms with Gasteiger partial charge in [-0.15, -0.1) is 0 Å². The van der Waals surface area contributed by atoms with Gasteiger partial charge in [0.15, 0.2) is 15.0 Å². The number of hydrogen-bond donors (Lipinski definition) is 3. The molecular formula is C24H29N3O5S2. The lowest BCUT2D eigenvalue weighted by atomic mass is 10.0. The van der Waals surface area contributed by atoms with Gasteiger partial charge in [0.2, 0.25) is 5.91 Å². The number of anilines is 1. The van der Waals surface area contributed by atoms with Gasteiger partial charge < -0.3 is 15.5 Å². The van der Waals surface area contributed by atoms with Crippen LogP contribution in [0.2, 0.25) is 0 Å². The first-order valence-electron chi connectivity index (χ1n) is 11.4. The quantitative estimate of drug-likeness (QED) is 0.432. The van der Waals surface area contributed by atoms with Gasteiger partial charge in [-0.1, -0.05) is 36.8 Å². The molecule has 2 heterocycles. The van der Waals surface area contributed by atoms with Crippen molar-refractivity contribution in [1.29, 1.82) is 0 Å². The fourth-order valence-electron chi connectivity index (χ4n) is 4.31.